The molecule has 2 rings (SSSR count). The highest BCUT2D eigenvalue weighted by Gasteiger charge is 2.38. The molecule has 0 bridgehead atoms. The molecule has 2 N–H and O–H groups in total. The quantitative estimate of drug-likeness (QED) is 0.861. The Labute approximate surface area is 131 Å². The van der Waals surface area contributed by atoms with Crippen molar-refractivity contribution in [3.8, 4) is 0 Å². The van der Waals surface area contributed by atoms with E-state index in [4.69, 9.17) is 33.7 Å². The summed E-state index contributed by atoms with van der Waals surface area (Å²) in [6, 6.07) is 5.58. The zero-order valence-corrected chi connectivity index (χ0v) is 13.5. The van der Waals surface area contributed by atoms with E-state index in [0.717, 1.165) is 24.8 Å². The molecule has 0 aliphatic heterocycles. The first-order chi connectivity index (χ1) is 9.57. The molecule has 0 saturated heterocycles. The molecule has 1 saturated carbocycles. The minimum atomic E-state index is -0.185. The molecule has 1 unspecified atom stereocenters. The van der Waals surface area contributed by atoms with Crippen molar-refractivity contribution >= 4 is 23.2 Å². The van der Waals surface area contributed by atoms with Crippen LogP contribution in [0.15, 0.2) is 18.2 Å². The minimum absolute atomic E-state index is 0.0265. The summed E-state index contributed by atoms with van der Waals surface area (Å²) in [6.07, 6.45) is 6.50. The average Bonchev–Trinajstić information content (AvgIpc) is 2.43. The van der Waals surface area contributed by atoms with Crippen LogP contribution in [0.1, 0.15) is 44.6 Å². The second kappa shape index (κ2) is 7.13. The van der Waals surface area contributed by atoms with E-state index in [2.05, 4.69) is 0 Å². The van der Waals surface area contributed by atoms with Gasteiger partial charge in [0.15, 0.2) is 0 Å². The highest BCUT2D eigenvalue weighted by atomic mass is 35.5. The number of hydrogen-bond donors (Lipinski definition) is 1. The van der Waals surface area contributed by atoms with Crippen LogP contribution in [0.3, 0.4) is 0 Å². The zero-order chi connectivity index (χ0) is 14.6. The van der Waals surface area contributed by atoms with Crippen LogP contribution in [0.2, 0.25) is 10.0 Å². The van der Waals surface area contributed by atoms with Crippen molar-refractivity contribution in [2.24, 2.45) is 5.73 Å². The fourth-order valence-electron chi connectivity index (χ4n) is 3.17. The molecule has 20 heavy (non-hydrogen) atoms. The molecule has 2 nitrogen and oxygen atoms in total. The van der Waals surface area contributed by atoms with Gasteiger partial charge in [0.1, 0.15) is 0 Å². The van der Waals surface area contributed by atoms with Crippen LogP contribution in [-0.2, 0) is 11.2 Å². The highest BCUT2D eigenvalue weighted by molar-refractivity contribution is 6.35. The molecular formula is C16H23Cl2NO. The third kappa shape index (κ3) is 3.67. The fourth-order valence-corrected chi connectivity index (χ4v) is 3.66. The van der Waals surface area contributed by atoms with Gasteiger partial charge >= 0.3 is 0 Å². The van der Waals surface area contributed by atoms with E-state index in [1.807, 2.05) is 19.1 Å². The van der Waals surface area contributed by atoms with Gasteiger partial charge in [-0.2, -0.15) is 0 Å². The predicted octanol–water partition coefficient (Wildman–Crippen LogP) is 4.60. The molecule has 1 atom stereocenters. The number of nitrogens with two attached hydrogens (primary N) is 1. The predicted molar refractivity (Wildman–Crippen MR) is 85.6 cm³/mol. The summed E-state index contributed by atoms with van der Waals surface area (Å²) in [6.45, 7) is 2.75. The smallest absolute Gasteiger partial charge is 0.0835 e. The maximum absolute atomic E-state index is 6.49. The summed E-state index contributed by atoms with van der Waals surface area (Å²) in [5, 5.41) is 1.35. The molecular weight excluding hydrogens is 293 g/mol. The van der Waals surface area contributed by atoms with Gasteiger partial charge in [-0.3, -0.25) is 0 Å². The number of halogens is 2. The number of benzene rings is 1. The molecule has 112 valence electrons. The zero-order valence-electron chi connectivity index (χ0n) is 12.0. The third-order valence-corrected chi connectivity index (χ3v) is 4.85. The Kier molecular flexibility index (Phi) is 5.74. The van der Waals surface area contributed by atoms with Crippen LogP contribution in [0.5, 0.6) is 0 Å². The lowest BCUT2D eigenvalue weighted by Crippen LogP contribution is -2.52. The lowest BCUT2D eigenvalue weighted by atomic mass is 9.77. The van der Waals surface area contributed by atoms with E-state index >= 15 is 0 Å². The molecule has 4 heteroatoms. The van der Waals surface area contributed by atoms with Crippen molar-refractivity contribution in [2.45, 2.75) is 57.1 Å². The SMILES string of the molecule is CCOC1(C(N)Cc2ccc(Cl)cc2Cl)CCCCC1. The van der Waals surface area contributed by atoms with Gasteiger partial charge in [-0.25, -0.2) is 0 Å². The Balaban J connectivity index is 2.13. The first-order valence-electron chi connectivity index (χ1n) is 7.41. The van der Waals surface area contributed by atoms with Gasteiger partial charge in [0.05, 0.1) is 5.60 Å². The van der Waals surface area contributed by atoms with Crippen molar-refractivity contribution in [2.75, 3.05) is 6.61 Å². The summed E-state index contributed by atoms with van der Waals surface area (Å²) < 4.78 is 6.07. The molecule has 1 aliphatic rings. The Hall–Kier alpha value is -0.280. The summed E-state index contributed by atoms with van der Waals surface area (Å²) in [4.78, 5) is 0. The highest BCUT2D eigenvalue weighted by Crippen LogP contribution is 2.35. The molecule has 1 fully saturated rings. The Bertz CT molecular complexity index is 439. The van der Waals surface area contributed by atoms with Crippen LogP contribution in [0.4, 0.5) is 0 Å². The molecule has 0 amide bonds. The second-order valence-corrected chi connectivity index (χ2v) is 6.45. The summed E-state index contributed by atoms with van der Waals surface area (Å²) >= 11 is 12.2. The topological polar surface area (TPSA) is 35.2 Å². The largest absolute Gasteiger partial charge is 0.374 e. The molecule has 0 radical (unpaired) electrons. The third-order valence-electron chi connectivity index (χ3n) is 4.26. The van der Waals surface area contributed by atoms with E-state index in [-0.39, 0.29) is 11.6 Å². The van der Waals surface area contributed by atoms with E-state index in [9.17, 15) is 0 Å². The molecule has 1 aliphatic carbocycles. The Morgan fingerprint density at radius 2 is 1.95 bits per heavy atom. The van der Waals surface area contributed by atoms with E-state index < -0.39 is 0 Å². The molecule has 0 aromatic heterocycles. The lowest BCUT2D eigenvalue weighted by Gasteiger charge is -2.42. The number of ether oxygens (including phenoxy) is 1. The first kappa shape index (κ1) is 16.1. The van der Waals surface area contributed by atoms with Crippen LogP contribution in [0, 0.1) is 0 Å². The van der Waals surface area contributed by atoms with E-state index in [1.165, 1.54) is 19.3 Å². The molecule has 1 aromatic carbocycles. The monoisotopic (exact) mass is 315 g/mol. The second-order valence-electron chi connectivity index (χ2n) is 5.60. The van der Waals surface area contributed by atoms with Crippen LogP contribution >= 0.6 is 23.2 Å². The average molecular weight is 316 g/mol. The summed E-state index contributed by atoms with van der Waals surface area (Å²) in [5.74, 6) is 0. The molecule has 0 heterocycles. The molecule has 0 spiro atoms. The summed E-state index contributed by atoms with van der Waals surface area (Å²) in [5.41, 5.74) is 7.36. The van der Waals surface area contributed by atoms with Gasteiger partial charge in [0.2, 0.25) is 0 Å². The normalized spacial score (nSPS) is 19.8. The van der Waals surface area contributed by atoms with Gasteiger partial charge in [0.25, 0.3) is 0 Å². The van der Waals surface area contributed by atoms with Crippen molar-refractivity contribution in [3.63, 3.8) is 0 Å². The van der Waals surface area contributed by atoms with Crippen LogP contribution in [0.25, 0.3) is 0 Å². The van der Waals surface area contributed by atoms with Crippen molar-refractivity contribution in [3.05, 3.63) is 33.8 Å². The Morgan fingerprint density at radius 3 is 2.55 bits per heavy atom. The van der Waals surface area contributed by atoms with Crippen molar-refractivity contribution in [1.29, 1.82) is 0 Å². The van der Waals surface area contributed by atoms with Gasteiger partial charge in [0, 0.05) is 22.7 Å². The maximum atomic E-state index is 6.49. The van der Waals surface area contributed by atoms with Crippen molar-refractivity contribution < 1.29 is 4.74 Å². The summed E-state index contributed by atoms with van der Waals surface area (Å²) in [7, 11) is 0. The minimum Gasteiger partial charge on any atom is -0.374 e. The standard InChI is InChI=1S/C16H23Cl2NO/c1-2-20-16(8-4-3-5-9-16)15(19)10-12-6-7-13(17)11-14(12)18/h6-7,11,15H,2-5,8-10,19H2,1H3. The van der Waals surface area contributed by atoms with Gasteiger partial charge in [-0.05, 0) is 43.9 Å². The van der Waals surface area contributed by atoms with E-state index in [1.54, 1.807) is 6.07 Å². The fraction of sp³-hybridized carbons (Fsp3) is 0.625. The lowest BCUT2D eigenvalue weighted by molar-refractivity contribution is -0.0817. The molecule has 1 aromatic rings. The van der Waals surface area contributed by atoms with Crippen LogP contribution < -0.4 is 5.73 Å². The van der Waals surface area contributed by atoms with Crippen molar-refractivity contribution in [1.82, 2.24) is 0 Å². The Morgan fingerprint density at radius 1 is 1.25 bits per heavy atom. The van der Waals surface area contributed by atoms with Gasteiger partial charge < -0.3 is 10.5 Å². The number of hydrogen-bond acceptors (Lipinski definition) is 2. The van der Waals surface area contributed by atoms with Crippen LogP contribution in [-0.4, -0.2) is 18.2 Å². The number of rotatable bonds is 5. The van der Waals surface area contributed by atoms with Gasteiger partial charge in [-0.15, -0.1) is 0 Å². The van der Waals surface area contributed by atoms with Gasteiger partial charge in [-0.1, -0.05) is 48.5 Å². The van der Waals surface area contributed by atoms with E-state index in [0.29, 0.717) is 16.7 Å². The maximum Gasteiger partial charge on any atom is 0.0835 e. The first-order valence-corrected chi connectivity index (χ1v) is 8.16.